The molecule has 0 aliphatic heterocycles. The van der Waals surface area contributed by atoms with Crippen LogP contribution in [0.5, 0.6) is 5.75 Å². The van der Waals surface area contributed by atoms with Crippen LogP contribution in [0.25, 0.3) is 10.8 Å². The fourth-order valence-corrected chi connectivity index (χ4v) is 2.71. The van der Waals surface area contributed by atoms with Gasteiger partial charge in [-0.2, -0.15) is 0 Å². The van der Waals surface area contributed by atoms with E-state index in [0.717, 1.165) is 10.8 Å². The molecule has 0 unspecified atom stereocenters. The summed E-state index contributed by atoms with van der Waals surface area (Å²) in [7, 11) is 0. The van der Waals surface area contributed by atoms with Crippen molar-refractivity contribution in [3.63, 3.8) is 0 Å². The van der Waals surface area contributed by atoms with Crippen LogP contribution >= 0.6 is 35.4 Å². The van der Waals surface area contributed by atoms with Gasteiger partial charge < -0.3 is 15.7 Å². The van der Waals surface area contributed by atoms with E-state index >= 15 is 0 Å². The van der Waals surface area contributed by atoms with Crippen LogP contribution in [0, 0.1) is 0 Å². The Balaban J connectivity index is 1.79. The first-order valence-electron chi connectivity index (χ1n) is 6.78. The Labute approximate surface area is 148 Å². The number of benzene rings is 3. The lowest BCUT2D eigenvalue weighted by molar-refractivity contribution is 0.478. The normalized spacial score (nSPS) is 10.5. The molecule has 3 rings (SSSR count). The highest BCUT2D eigenvalue weighted by Gasteiger charge is 2.07. The van der Waals surface area contributed by atoms with Gasteiger partial charge >= 0.3 is 0 Å². The minimum Gasteiger partial charge on any atom is -0.506 e. The molecule has 3 N–H and O–H groups in total. The lowest BCUT2D eigenvalue weighted by Crippen LogP contribution is -2.19. The fourth-order valence-electron chi connectivity index (χ4n) is 2.19. The first-order chi connectivity index (χ1) is 11.0. The van der Waals surface area contributed by atoms with Crippen molar-refractivity contribution >= 4 is 62.7 Å². The number of halogens is 2. The average molecular weight is 363 g/mol. The molecule has 3 nitrogen and oxygen atoms in total. The van der Waals surface area contributed by atoms with Crippen molar-refractivity contribution in [2.24, 2.45) is 0 Å². The van der Waals surface area contributed by atoms with Gasteiger partial charge in [0.2, 0.25) is 0 Å². The zero-order valence-electron chi connectivity index (χ0n) is 11.8. The standard InChI is InChI=1S/C17H12Cl2N2OS/c18-13-6-5-12(9-14(13)19)20-17(23)21-15-7-10-3-1-2-4-11(10)8-16(15)22/h1-9,22H,(H2,20,21,23). The maximum atomic E-state index is 10.1. The zero-order valence-corrected chi connectivity index (χ0v) is 14.1. The summed E-state index contributed by atoms with van der Waals surface area (Å²) in [5, 5.41) is 19.3. The second-order valence-electron chi connectivity index (χ2n) is 4.92. The molecule has 3 aromatic rings. The van der Waals surface area contributed by atoms with Gasteiger partial charge in [-0.15, -0.1) is 0 Å². The number of thiocarbonyl (C=S) groups is 1. The molecule has 23 heavy (non-hydrogen) atoms. The molecule has 0 aromatic heterocycles. The summed E-state index contributed by atoms with van der Waals surface area (Å²) >= 11 is 17.1. The van der Waals surface area contributed by atoms with Gasteiger partial charge in [0.15, 0.2) is 5.11 Å². The van der Waals surface area contributed by atoms with Gasteiger partial charge in [-0.25, -0.2) is 0 Å². The summed E-state index contributed by atoms with van der Waals surface area (Å²) in [4.78, 5) is 0. The molecule has 0 amide bonds. The predicted molar refractivity (Wildman–Crippen MR) is 102 cm³/mol. The predicted octanol–water partition coefficient (Wildman–Crippen LogP) is 5.66. The molecule has 0 heterocycles. The summed E-state index contributed by atoms with van der Waals surface area (Å²) in [5.41, 5.74) is 1.23. The summed E-state index contributed by atoms with van der Waals surface area (Å²) in [6.45, 7) is 0. The number of rotatable bonds is 2. The van der Waals surface area contributed by atoms with Crippen molar-refractivity contribution < 1.29 is 5.11 Å². The number of hydrogen-bond donors (Lipinski definition) is 3. The molecule has 0 saturated carbocycles. The van der Waals surface area contributed by atoms with E-state index in [-0.39, 0.29) is 5.75 Å². The number of anilines is 2. The third-order valence-corrected chi connectivity index (χ3v) is 4.23. The monoisotopic (exact) mass is 362 g/mol. The van der Waals surface area contributed by atoms with Crippen LogP contribution in [0.4, 0.5) is 11.4 Å². The van der Waals surface area contributed by atoms with Gasteiger partial charge in [0, 0.05) is 5.69 Å². The quantitative estimate of drug-likeness (QED) is 0.406. The van der Waals surface area contributed by atoms with Crippen LogP contribution in [-0.2, 0) is 0 Å². The van der Waals surface area contributed by atoms with Crippen LogP contribution in [0.15, 0.2) is 54.6 Å². The van der Waals surface area contributed by atoms with Crippen LogP contribution < -0.4 is 10.6 Å². The van der Waals surface area contributed by atoms with Gasteiger partial charge in [-0.1, -0.05) is 47.5 Å². The van der Waals surface area contributed by atoms with Gasteiger partial charge in [-0.3, -0.25) is 0 Å². The van der Waals surface area contributed by atoms with E-state index in [9.17, 15) is 5.11 Å². The molecule has 0 fully saturated rings. The third kappa shape index (κ3) is 3.67. The Morgan fingerprint density at radius 2 is 1.57 bits per heavy atom. The summed E-state index contributed by atoms with van der Waals surface area (Å²) in [5.74, 6) is 0.127. The minimum absolute atomic E-state index is 0.127. The molecule has 116 valence electrons. The van der Waals surface area contributed by atoms with Crippen LogP contribution in [-0.4, -0.2) is 10.2 Å². The largest absolute Gasteiger partial charge is 0.506 e. The molecule has 0 aliphatic rings. The molecule has 0 radical (unpaired) electrons. The summed E-state index contributed by atoms with van der Waals surface area (Å²) in [6.07, 6.45) is 0. The Bertz CT molecular complexity index is 899. The van der Waals surface area contributed by atoms with Crippen molar-refractivity contribution in [2.45, 2.75) is 0 Å². The lowest BCUT2D eigenvalue weighted by atomic mass is 10.1. The van der Waals surface area contributed by atoms with Gasteiger partial charge in [0.25, 0.3) is 0 Å². The molecule has 6 heteroatoms. The van der Waals surface area contributed by atoms with E-state index in [4.69, 9.17) is 35.4 Å². The number of fused-ring (bicyclic) bond motifs is 1. The third-order valence-electron chi connectivity index (χ3n) is 3.29. The first-order valence-corrected chi connectivity index (χ1v) is 7.94. The highest BCUT2D eigenvalue weighted by atomic mass is 35.5. The number of phenols is 1. The maximum absolute atomic E-state index is 10.1. The van der Waals surface area contributed by atoms with E-state index in [0.29, 0.717) is 26.5 Å². The van der Waals surface area contributed by atoms with Crippen molar-refractivity contribution in [2.75, 3.05) is 10.6 Å². The van der Waals surface area contributed by atoms with E-state index < -0.39 is 0 Å². The zero-order chi connectivity index (χ0) is 16.4. The second-order valence-corrected chi connectivity index (χ2v) is 6.15. The van der Waals surface area contributed by atoms with Crippen molar-refractivity contribution in [1.82, 2.24) is 0 Å². The average Bonchev–Trinajstić information content (AvgIpc) is 2.51. The molecule has 0 aliphatic carbocycles. The smallest absolute Gasteiger partial charge is 0.175 e. The summed E-state index contributed by atoms with van der Waals surface area (Å²) in [6, 6.07) is 16.4. The SMILES string of the molecule is Oc1cc2ccccc2cc1NC(=S)Nc1ccc(Cl)c(Cl)c1. The van der Waals surface area contributed by atoms with E-state index in [1.54, 1.807) is 24.3 Å². The van der Waals surface area contributed by atoms with Crippen molar-refractivity contribution in [3.05, 3.63) is 64.6 Å². The number of aromatic hydroxyl groups is 1. The minimum atomic E-state index is 0.127. The molecular formula is C17H12Cl2N2OS. The Morgan fingerprint density at radius 1 is 0.870 bits per heavy atom. The van der Waals surface area contributed by atoms with Crippen molar-refractivity contribution in [3.8, 4) is 5.75 Å². The Hall–Kier alpha value is -2.01. The highest BCUT2D eigenvalue weighted by molar-refractivity contribution is 7.80. The Morgan fingerprint density at radius 3 is 2.26 bits per heavy atom. The van der Waals surface area contributed by atoms with E-state index in [1.807, 2.05) is 30.3 Å². The first kappa shape index (κ1) is 15.9. The van der Waals surface area contributed by atoms with Crippen LogP contribution in [0.3, 0.4) is 0 Å². The highest BCUT2D eigenvalue weighted by Crippen LogP contribution is 2.30. The molecule has 0 bridgehead atoms. The van der Waals surface area contributed by atoms with Gasteiger partial charge in [0.1, 0.15) is 5.75 Å². The topological polar surface area (TPSA) is 44.3 Å². The van der Waals surface area contributed by atoms with Crippen LogP contribution in [0.1, 0.15) is 0 Å². The Kier molecular flexibility index (Phi) is 4.57. The van der Waals surface area contributed by atoms with E-state index in [2.05, 4.69) is 10.6 Å². The van der Waals surface area contributed by atoms with Crippen molar-refractivity contribution in [1.29, 1.82) is 0 Å². The van der Waals surface area contributed by atoms with Crippen LogP contribution in [0.2, 0.25) is 10.0 Å². The second kappa shape index (κ2) is 6.62. The maximum Gasteiger partial charge on any atom is 0.175 e. The van der Waals surface area contributed by atoms with E-state index in [1.165, 1.54) is 0 Å². The molecular weight excluding hydrogens is 351 g/mol. The number of nitrogens with one attached hydrogen (secondary N) is 2. The fraction of sp³-hybridized carbons (Fsp3) is 0. The number of phenolic OH excluding ortho intramolecular Hbond substituents is 1. The number of hydrogen-bond acceptors (Lipinski definition) is 2. The molecule has 3 aromatic carbocycles. The van der Waals surface area contributed by atoms with Gasteiger partial charge in [0.05, 0.1) is 15.7 Å². The summed E-state index contributed by atoms with van der Waals surface area (Å²) < 4.78 is 0. The lowest BCUT2D eigenvalue weighted by Gasteiger charge is -2.13. The molecule has 0 saturated heterocycles. The van der Waals surface area contributed by atoms with Gasteiger partial charge in [-0.05, 0) is 53.3 Å². The molecule has 0 atom stereocenters. The molecule has 0 spiro atoms.